The minimum atomic E-state index is 0.103. The van der Waals surface area contributed by atoms with E-state index < -0.39 is 0 Å². The Morgan fingerprint density at radius 3 is 2.69 bits per heavy atom. The molecule has 1 aromatic carbocycles. The maximum absolute atomic E-state index is 10.9. The van der Waals surface area contributed by atoms with E-state index in [1.54, 1.807) is 0 Å². The molecule has 1 unspecified atom stereocenters. The molecule has 0 aromatic heterocycles. The van der Waals surface area contributed by atoms with Gasteiger partial charge >= 0.3 is 0 Å². The third-order valence-corrected chi connectivity index (χ3v) is 3.00. The minimum absolute atomic E-state index is 0.103. The van der Waals surface area contributed by atoms with Crippen LogP contribution in [0, 0.1) is 6.92 Å². The maximum atomic E-state index is 10.9. The van der Waals surface area contributed by atoms with Crippen molar-refractivity contribution in [3.05, 3.63) is 35.4 Å². The van der Waals surface area contributed by atoms with E-state index in [4.69, 9.17) is 0 Å². The van der Waals surface area contributed by atoms with E-state index in [1.807, 2.05) is 0 Å². The fourth-order valence-electron chi connectivity index (χ4n) is 1.91. The van der Waals surface area contributed by atoms with Crippen LogP contribution in [-0.2, 0) is 11.2 Å². The van der Waals surface area contributed by atoms with Crippen LogP contribution in [-0.4, -0.2) is 25.0 Å². The second-order valence-electron chi connectivity index (χ2n) is 4.41. The fraction of sp³-hybridized carbons (Fsp3) is 0.462. The summed E-state index contributed by atoms with van der Waals surface area (Å²) in [6, 6.07) is 9.06. The smallest absolute Gasteiger partial charge is 0.234 e. The highest BCUT2D eigenvalue weighted by Crippen LogP contribution is 2.07. The van der Waals surface area contributed by atoms with E-state index in [0.29, 0.717) is 12.6 Å². The summed E-state index contributed by atoms with van der Waals surface area (Å²) >= 11 is 0. The van der Waals surface area contributed by atoms with E-state index in [9.17, 15) is 4.79 Å². The molecule has 3 heteroatoms. The SMILES string of the molecule is Cc1ccc(CCC2CNC(=O)CN2)cc1. The van der Waals surface area contributed by atoms with Gasteiger partial charge in [-0.05, 0) is 25.3 Å². The monoisotopic (exact) mass is 218 g/mol. The number of nitrogens with one attached hydrogen (secondary N) is 2. The average molecular weight is 218 g/mol. The van der Waals surface area contributed by atoms with Gasteiger partial charge in [0.1, 0.15) is 0 Å². The number of hydrogen-bond donors (Lipinski definition) is 2. The van der Waals surface area contributed by atoms with Gasteiger partial charge in [-0.25, -0.2) is 0 Å². The summed E-state index contributed by atoms with van der Waals surface area (Å²) in [7, 11) is 0. The highest BCUT2D eigenvalue weighted by Gasteiger charge is 2.16. The lowest BCUT2D eigenvalue weighted by molar-refractivity contribution is -0.121. The summed E-state index contributed by atoms with van der Waals surface area (Å²) in [5.41, 5.74) is 2.66. The van der Waals surface area contributed by atoms with E-state index in [-0.39, 0.29) is 5.91 Å². The van der Waals surface area contributed by atoms with Gasteiger partial charge in [0.2, 0.25) is 5.91 Å². The number of rotatable bonds is 3. The molecule has 0 spiro atoms. The van der Waals surface area contributed by atoms with Crippen LogP contribution < -0.4 is 10.6 Å². The molecule has 0 radical (unpaired) electrons. The summed E-state index contributed by atoms with van der Waals surface area (Å²) in [6.45, 7) is 3.31. The van der Waals surface area contributed by atoms with Crippen molar-refractivity contribution in [1.29, 1.82) is 0 Å². The first-order valence-corrected chi connectivity index (χ1v) is 5.79. The van der Waals surface area contributed by atoms with Crippen LogP contribution in [0.25, 0.3) is 0 Å². The van der Waals surface area contributed by atoms with E-state index in [0.717, 1.165) is 19.4 Å². The molecule has 1 saturated heterocycles. The minimum Gasteiger partial charge on any atom is -0.353 e. The normalized spacial score (nSPS) is 20.6. The molecule has 2 rings (SSSR count). The Labute approximate surface area is 96.2 Å². The molecule has 1 heterocycles. The molecule has 0 saturated carbocycles. The molecule has 1 aliphatic rings. The van der Waals surface area contributed by atoms with Crippen molar-refractivity contribution in [3.8, 4) is 0 Å². The van der Waals surface area contributed by atoms with Gasteiger partial charge in [-0.3, -0.25) is 4.79 Å². The lowest BCUT2D eigenvalue weighted by atomic mass is 10.0. The molecule has 1 fully saturated rings. The zero-order valence-corrected chi connectivity index (χ0v) is 9.62. The van der Waals surface area contributed by atoms with Crippen molar-refractivity contribution in [3.63, 3.8) is 0 Å². The Balaban J connectivity index is 1.79. The van der Waals surface area contributed by atoms with Gasteiger partial charge in [-0.2, -0.15) is 0 Å². The Morgan fingerprint density at radius 1 is 1.31 bits per heavy atom. The van der Waals surface area contributed by atoms with Crippen LogP contribution in [0.4, 0.5) is 0 Å². The number of aryl methyl sites for hydroxylation is 2. The molecular weight excluding hydrogens is 200 g/mol. The summed E-state index contributed by atoms with van der Waals surface area (Å²) in [5.74, 6) is 0.103. The largest absolute Gasteiger partial charge is 0.353 e. The van der Waals surface area contributed by atoms with Gasteiger partial charge in [-0.1, -0.05) is 29.8 Å². The van der Waals surface area contributed by atoms with Crippen molar-refractivity contribution in [2.24, 2.45) is 0 Å². The molecule has 0 aliphatic carbocycles. The van der Waals surface area contributed by atoms with Crippen LogP contribution in [0.15, 0.2) is 24.3 Å². The predicted molar refractivity (Wildman–Crippen MR) is 64.3 cm³/mol. The van der Waals surface area contributed by atoms with Gasteiger partial charge in [0.15, 0.2) is 0 Å². The second kappa shape index (κ2) is 5.12. The van der Waals surface area contributed by atoms with Gasteiger partial charge < -0.3 is 10.6 Å². The lowest BCUT2D eigenvalue weighted by Gasteiger charge is -2.23. The second-order valence-corrected chi connectivity index (χ2v) is 4.41. The molecule has 1 aromatic rings. The Bertz CT molecular complexity index is 349. The van der Waals surface area contributed by atoms with Crippen LogP contribution in [0.5, 0.6) is 0 Å². The van der Waals surface area contributed by atoms with Gasteiger partial charge in [-0.15, -0.1) is 0 Å². The number of carbonyl (C=O) groups is 1. The van der Waals surface area contributed by atoms with Crippen LogP contribution in [0.2, 0.25) is 0 Å². The molecule has 0 bridgehead atoms. The number of piperazine rings is 1. The predicted octanol–water partition coefficient (Wildman–Crippen LogP) is 1.02. The molecule has 2 N–H and O–H groups in total. The van der Waals surface area contributed by atoms with Crippen molar-refractivity contribution in [2.75, 3.05) is 13.1 Å². The summed E-state index contributed by atoms with van der Waals surface area (Å²) in [6.07, 6.45) is 2.14. The fourth-order valence-corrected chi connectivity index (χ4v) is 1.91. The van der Waals surface area contributed by atoms with Crippen LogP contribution >= 0.6 is 0 Å². The van der Waals surface area contributed by atoms with Gasteiger partial charge in [0.25, 0.3) is 0 Å². The topological polar surface area (TPSA) is 41.1 Å². The zero-order valence-electron chi connectivity index (χ0n) is 9.62. The van der Waals surface area contributed by atoms with Crippen molar-refractivity contribution < 1.29 is 4.79 Å². The maximum Gasteiger partial charge on any atom is 0.234 e. The number of amides is 1. The third kappa shape index (κ3) is 3.07. The van der Waals surface area contributed by atoms with Crippen molar-refractivity contribution >= 4 is 5.91 Å². The van der Waals surface area contributed by atoms with Gasteiger partial charge in [0, 0.05) is 12.6 Å². The van der Waals surface area contributed by atoms with Crippen LogP contribution in [0.3, 0.4) is 0 Å². The van der Waals surface area contributed by atoms with E-state index in [2.05, 4.69) is 41.8 Å². The molecular formula is C13H18N2O. The average Bonchev–Trinajstić information content (AvgIpc) is 2.30. The Kier molecular flexibility index (Phi) is 3.57. The third-order valence-electron chi connectivity index (χ3n) is 3.00. The Hall–Kier alpha value is -1.35. The first-order valence-electron chi connectivity index (χ1n) is 5.79. The van der Waals surface area contributed by atoms with Crippen LogP contribution in [0.1, 0.15) is 17.5 Å². The van der Waals surface area contributed by atoms with E-state index >= 15 is 0 Å². The first-order chi connectivity index (χ1) is 7.74. The standard InChI is InChI=1S/C13H18N2O/c1-10-2-4-11(5-3-10)6-7-12-8-15-13(16)9-14-12/h2-5,12,14H,6-9H2,1H3,(H,15,16). The highest BCUT2D eigenvalue weighted by atomic mass is 16.2. The van der Waals surface area contributed by atoms with Gasteiger partial charge in [0.05, 0.1) is 6.54 Å². The van der Waals surface area contributed by atoms with Crippen molar-refractivity contribution in [1.82, 2.24) is 10.6 Å². The highest BCUT2D eigenvalue weighted by molar-refractivity contribution is 5.78. The van der Waals surface area contributed by atoms with Crippen molar-refractivity contribution in [2.45, 2.75) is 25.8 Å². The molecule has 3 nitrogen and oxygen atoms in total. The lowest BCUT2D eigenvalue weighted by Crippen LogP contribution is -2.51. The number of hydrogen-bond acceptors (Lipinski definition) is 2. The number of benzene rings is 1. The summed E-state index contributed by atoms with van der Waals surface area (Å²) < 4.78 is 0. The zero-order chi connectivity index (χ0) is 11.4. The van der Waals surface area contributed by atoms with E-state index in [1.165, 1.54) is 11.1 Å². The molecule has 16 heavy (non-hydrogen) atoms. The summed E-state index contributed by atoms with van der Waals surface area (Å²) in [5, 5.41) is 6.11. The quantitative estimate of drug-likeness (QED) is 0.795. The molecule has 1 aliphatic heterocycles. The first kappa shape index (κ1) is 11.1. The number of carbonyl (C=O) groups excluding carboxylic acids is 1. The summed E-state index contributed by atoms with van der Waals surface area (Å²) in [4.78, 5) is 10.9. The Morgan fingerprint density at radius 2 is 2.06 bits per heavy atom. The molecule has 1 atom stereocenters. The molecule has 1 amide bonds. The molecule has 86 valence electrons.